The zero-order chi connectivity index (χ0) is 11.4. The highest BCUT2D eigenvalue weighted by Crippen LogP contribution is 2.23. The van der Waals surface area contributed by atoms with Gasteiger partial charge in [-0.25, -0.2) is 0 Å². The van der Waals surface area contributed by atoms with Gasteiger partial charge in [-0.1, -0.05) is 6.92 Å². The van der Waals surface area contributed by atoms with E-state index in [2.05, 4.69) is 0 Å². The monoisotopic (exact) mass is 213 g/mol. The zero-order valence-corrected chi connectivity index (χ0v) is 8.57. The Bertz CT molecular complexity index is 368. The van der Waals surface area contributed by atoms with E-state index in [0.717, 1.165) is 18.6 Å². The van der Waals surface area contributed by atoms with Gasteiger partial charge in [0, 0.05) is 12.1 Å². The topological polar surface area (TPSA) is 52.4 Å². The van der Waals surface area contributed by atoms with Crippen LogP contribution in [-0.2, 0) is 0 Å². The number of hydrogen-bond acceptors (Lipinski definition) is 3. The summed E-state index contributed by atoms with van der Waals surface area (Å²) in [6.07, 6.45) is 0.754. The minimum Gasteiger partial charge on any atom is -0.491 e. The first-order valence-corrected chi connectivity index (χ1v) is 4.65. The van der Waals surface area contributed by atoms with Crippen molar-refractivity contribution >= 4 is 5.69 Å². The van der Waals surface area contributed by atoms with E-state index in [4.69, 9.17) is 4.74 Å². The van der Waals surface area contributed by atoms with Crippen LogP contribution in [0.15, 0.2) is 18.2 Å². The van der Waals surface area contributed by atoms with E-state index in [-0.39, 0.29) is 6.10 Å². The Morgan fingerprint density at radius 2 is 2.27 bits per heavy atom. The fourth-order valence-electron chi connectivity index (χ4n) is 1.02. The molecule has 0 bridgehead atoms. The van der Waals surface area contributed by atoms with Crippen molar-refractivity contribution in [3.8, 4) is 5.75 Å². The summed E-state index contributed by atoms with van der Waals surface area (Å²) in [7, 11) is 0. The van der Waals surface area contributed by atoms with Crippen molar-refractivity contribution in [2.75, 3.05) is 0 Å². The third kappa shape index (κ3) is 2.90. The Balaban J connectivity index is 2.87. The molecule has 5 heteroatoms. The fraction of sp³-hybridized carbons (Fsp3) is 0.400. The average molecular weight is 213 g/mol. The summed E-state index contributed by atoms with van der Waals surface area (Å²) < 4.78 is 18.5. The molecule has 82 valence electrons. The summed E-state index contributed by atoms with van der Waals surface area (Å²) in [4.78, 5) is 9.57. The minimum atomic E-state index is -0.874. The van der Waals surface area contributed by atoms with Gasteiger partial charge in [-0.05, 0) is 19.4 Å². The Hall–Kier alpha value is -1.65. The summed E-state index contributed by atoms with van der Waals surface area (Å²) in [6, 6.07) is 3.53. The van der Waals surface area contributed by atoms with Gasteiger partial charge in [0.1, 0.15) is 5.75 Å². The molecular formula is C10H12FNO3. The van der Waals surface area contributed by atoms with Crippen LogP contribution in [0.4, 0.5) is 10.1 Å². The van der Waals surface area contributed by atoms with Gasteiger partial charge < -0.3 is 4.74 Å². The van der Waals surface area contributed by atoms with E-state index >= 15 is 0 Å². The van der Waals surface area contributed by atoms with Crippen LogP contribution in [0.25, 0.3) is 0 Å². The summed E-state index contributed by atoms with van der Waals surface area (Å²) in [5, 5.41) is 10.3. The van der Waals surface area contributed by atoms with Crippen molar-refractivity contribution in [1.29, 1.82) is 0 Å². The molecule has 1 rings (SSSR count). The molecule has 0 aliphatic rings. The number of nitro benzene ring substituents is 1. The van der Waals surface area contributed by atoms with Crippen molar-refractivity contribution in [2.24, 2.45) is 0 Å². The Morgan fingerprint density at radius 3 is 2.73 bits per heavy atom. The van der Waals surface area contributed by atoms with Crippen molar-refractivity contribution in [3.63, 3.8) is 0 Å². The molecule has 0 saturated heterocycles. The van der Waals surface area contributed by atoms with Gasteiger partial charge in [-0.15, -0.1) is 0 Å². The maximum Gasteiger partial charge on any atom is 0.305 e. The van der Waals surface area contributed by atoms with Crippen LogP contribution in [0.2, 0.25) is 0 Å². The number of rotatable bonds is 4. The van der Waals surface area contributed by atoms with E-state index in [1.165, 1.54) is 6.07 Å². The predicted molar refractivity (Wildman–Crippen MR) is 53.4 cm³/mol. The van der Waals surface area contributed by atoms with E-state index < -0.39 is 16.4 Å². The highest BCUT2D eigenvalue weighted by Gasteiger charge is 2.14. The number of nitro groups is 1. The smallest absolute Gasteiger partial charge is 0.305 e. The lowest BCUT2D eigenvalue weighted by molar-refractivity contribution is -0.387. The van der Waals surface area contributed by atoms with Gasteiger partial charge in [-0.2, -0.15) is 4.39 Å². The molecule has 1 atom stereocenters. The van der Waals surface area contributed by atoms with Crippen LogP contribution >= 0.6 is 0 Å². The van der Waals surface area contributed by atoms with Crippen molar-refractivity contribution in [2.45, 2.75) is 26.4 Å². The van der Waals surface area contributed by atoms with Crippen LogP contribution in [0.3, 0.4) is 0 Å². The second-order valence-electron chi connectivity index (χ2n) is 3.21. The van der Waals surface area contributed by atoms with Gasteiger partial charge in [0.25, 0.3) is 0 Å². The maximum atomic E-state index is 13.1. The standard InChI is InChI=1S/C10H12FNO3/c1-3-7(2)15-8-4-5-10(12(13)14)9(11)6-8/h4-7H,3H2,1-2H3. The summed E-state index contributed by atoms with van der Waals surface area (Å²) >= 11 is 0. The lowest BCUT2D eigenvalue weighted by Crippen LogP contribution is -2.09. The molecule has 0 aliphatic heterocycles. The number of hydrogen-bond donors (Lipinski definition) is 0. The maximum absolute atomic E-state index is 13.1. The Kier molecular flexibility index (Phi) is 3.60. The third-order valence-electron chi connectivity index (χ3n) is 2.03. The molecule has 1 aromatic carbocycles. The molecule has 0 aliphatic carbocycles. The lowest BCUT2D eigenvalue weighted by Gasteiger charge is -2.11. The average Bonchev–Trinajstić information content (AvgIpc) is 2.17. The minimum absolute atomic E-state index is 0.0362. The van der Waals surface area contributed by atoms with Gasteiger partial charge in [0.05, 0.1) is 11.0 Å². The molecule has 0 fully saturated rings. The normalized spacial score (nSPS) is 12.2. The molecular weight excluding hydrogens is 201 g/mol. The van der Waals surface area contributed by atoms with Crippen LogP contribution < -0.4 is 4.74 Å². The third-order valence-corrected chi connectivity index (χ3v) is 2.03. The first-order chi connectivity index (χ1) is 7.04. The summed E-state index contributed by atoms with van der Waals surface area (Å²) in [5.41, 5.74) is -0.536. The second kappa shape index (κ2) is 4.72. The van der Waals surface area contributed by atoms with Crippen LogP contribution in [-0.4, -0.2) is 11.0 Å². The van der Waals surface area contributed by atoms with E-state index in [0.29, 0.717) is 5.75 Å². The van der Waals surface area contributed by atoms with E-state index in [1.54, 1.807) is 0 Å². The van der Waals surface area contributed by atoms with Crippen molar-refractivity contribution < 1.29 is 14.1 Å². The molecule has 1 unspecified atom stereocenters. The molecule has 0 radical (unpaired) electrons. The van der Waals surface area contributed by atoms with Gasteiger partial charge >= 0.3 is 5.69 Å². The fourth-order valence-corrected chi connectivity index (χ4v) is 1.02. The number of ether oxygens (including phenoxy) is 1. The summed E-state index contributed by atoms with van der Waals surface area (Å²) in [5.74, 6) is -0.562. The summed E-state index contributed by atoms with van der Waals surface area (Å²) in [6.45, 7) is 3.78. The number of halogens is 1. The van der Waals surface area contributed by atoms with E-state index in [9.17, 15) is 14.5 Å². The molecule has 4 nitrogen and oxygen atoms in total. The lowest BCUT2D eigenvalue weighted by atomic mass is 10.2. The molecule has 0 aromatic heterocycles. The molecule has 0 N–H and O–H groups in total. The highest BCUT2D eigenvalue weighted by molar-refractivity contribution is 5.37. The number of nitrogens with zero attached hydrogens (tertiary/aromatic N) is 1. The largest absolute Gasteiger partial charge is 0.491 e. The van der Waals surface area contributed by atoms with Gasteiger partial charge in [0.15, 0.2) is 0 Å². The van der Waals surface area contributed by atoms with Gasteiger partial charge in [0.2, 0.25) is 5.82 Å². The highest BCUT2D eigenvalue weighted by atomic mass is 19.1. The van der Waals surface area contributed by atoms with Crippen LogP contribution in [0.1, 0.15) is 20.3 Å². The number of benzene rings is 1. The zero-order valence-electron chi connectivity index (χ0n) is 8.57. The predicted octanol–water partition coefficient (Wildman–Crippen LogP) is 2.91. The first-order valence-electron chi connectivity index (χ1n) is 4.65. The van der Waals surface area contributed by atoms with Crippen LogP contribution in [0.5, 0.6) is 5.75 Å². The molecule has 0 heterocycles. The molecule has 0 saturated carbocycles. The molecule has 15 heavy (non-hydrogen) atoms. The van der Waals surface area contributed by atoms with E-state index in [1.807, 2.05) is 13.8 Å². The molecule has 0 spiro atoms. The SMILES string of the molecule is CCC(C)Oc1ccc([N+](=O)[O-])c(F)c1. The second-order valence-corrected chi connectivity index (χ2v) is 3.21. The van der Waals surface area contributed by atoms with Crippen molar-refractivity contribution in [1.82, 2.24) is 0 Å². The van der Waals surface area contributed by atoms with Gasteiger partial charge in [-0.3, -0.25) is 10.1 Å². The quantitative estimate of drug-likeness (QED) is 0.570. The molecule has 1 aromatic rings. The molecule has 0 amide bonds. The Labute approximate surface area is 86.8 Å². The van der Waals surface area contributed by atoms with Crippen LogP contribution in [0, 0.1) is 15.9 Å². The Morgan fingerprint density at radius 1 is 1.60 bits per heavy atom. The first kappa shape index (κ1) is 11.4. The van der Waals surface area contributed by atoms with Crippen molar-refractivity contribution in [3.05, 3.63) is 34.1 Å².